The molecule has 2 aliphatic heterocycles. The van der Waals surface area contributed by atoms with Crippen LogP contribution in [-0.4, -0.2) is 29.9 Å². The number of hydrogen-bond donors (Lipinski definition) is 0. The minimum absolute atomic E-state index is 0.00200. The molecule has 0 radical (unpaired) electrons. The summed E-state index contributed by atoms with van der Waals surface area (Å²) in [7, 11) is 3.18. The maximum Gasteiger partial charge on any atom is 0.269 e. The van der Waals surface area contributed by atoms with E-state index >= 15 is 0 Å². The first kappa shape index (κ1) is 21.1. The molecule has 0 spiro atoms. The average Bonchev–Trinajstić information content (AvgIpc) is 3.29. The van der Waals surface area contributed by atoms with Crippen molar-refractivity contribution in [2.24, 2.45) is 5.10 Å². The van der Waals surface area contributed by atoms with E-state index in [1.165, 1.54) is 12.1 Å². The lowest BCUT2D eigenvalue weighted by Crippen LogP contribution is -2.33. The molecule has 0 aliphatic carbocycles. The van der Waals surface area contributed by atoms with Crippen molar-refractivity contribution in [3.63, 3.8) is 0 Å². The van der Waals surface area contributed by atoms with Crippen molar-refractivity contribution in [1.29, 1.82) is 0 Å². The third-order valence-corrected chi connectivity index (χ3v) is 6.07. The van der Waals surface area contributed by atoms with E-state index in [2.05, 4.69) is 0 Å². The van der Waals surface area contributed by atoms with E-state index < -0.39 is 11.2 Å². The van der Waals surface area contributed by atoms with Crippen LogP contribution < -0.4 is 14.2 Å². The van der Waals surface area contributed by atoms with Gasteiger partial charge in [-0.2, -0.15) is 5.10 Å². The summed E-state index contributed by atoms with van der Waals surface area (Å²) in [4.78, 5) is 10.9. The quantitative estimate of drug-likeness (QED) is 0.365. The van der Waals surface area contributed by atoms with Crippen LogP contribution in [0.5, 0.6) is 17.2 Å². The highest BCUT2D eigenvalue weighted by Gasteiger charge is 2.41. The Morgan fingerprint density at radius 2 is 1.91 bits per heavy atom. The van der Waals surface area contributed by atoms with Gasteiger partial charge in [0, 0.05) is 40.3 Å². The zero-order valence-electron chi connectivity index (χ0n) is 17.9. The van der Waals surface area contributed by atoms with Crippen molar-refractivity contribution < 1.29 is 19.1 Å². The topological polar surface area (TPSA) is 86.4 Å². The van der Waals surface area contributed by atoms with Gasteiger partial charge in [-0.05, 0) is 36.4 Å². The first-order valence-corrected chi connectivity index (χ1v) is 10.6. The Morgan fingerprint density at radius 3 is 2.67 bits per heavy atom. The maximum atomic E-state index is 11.3. The highest BCUT2D eigenvalue weighted by Crippen LogP contribution is 2.48. The standard InChI is InChI=1S/C24H20ClN3O5/c1-31-22-8-6-14(11-23(22)32-2)19-13-20-18-12-16(25)7-9-21(18)33-24(27(20)26-19)15-4-3-5-17(10-15)28(29)30/h3-12,20,24H,13H2,1-2H3. The number of nitro benzene ring substituents is 1. The first-order chi connectivity index (χ1) is 16.0. The second kappa shape index (κ2) is 8.29. The minimum Gasteiger partial charge on any atom is -0.493 e. The number of methoxy groups -OCH3 is 2. The van der Waals surface area contributed by atoms with Gasteiger partial charge in [-0.1, -0.05) is 23.7 Å². The number of fused-ring (bicyclic) bond motifs is 3. The molecule has 9 heteroatoms. The molecule has 2 unspecified atom stereocenters. The molecular weight excluding hydrogens is 446 g/mol. The van der Waals surface area contributed by atoms with E-state index in [-0.39, 0.29) is 11.7 Å². The zero-order valence-corrected chi connectivity index (χ0v) is 18.7. The van der Waals surface area contributed by atoms with E-state index in [1.807, 2.05) is 35.3 Å². The lowest BCUT2D eigenvalue weighted by atomic mass is 9.95. The van der Waals surface area contributed by atoms with Gasteiger partial charge in [-0.3, -0.25) is 10.1 Å². The number of benzene rings is 3. The molecule has 0 fully saturated rings. The number of hydrazone groups is 1. The van der Waals surface area contributed by atoms with Gasteiger partial charge < -0.3 is 14.2 Å². The number of halogens is 1. The molecule has 0 N–H and O–H groups in total. The Hall–Kier alpha value is -3.78. The molecule has 33 heavy (non-hydrogen) atoms. The Labute approximate surface area is 195 Å². The van der Waals surface area contributed by atoms with E-state index in [1.54, 1.807) is 32.4 Å². The van der Waals surface area contributed by atoms with E-state index in [4.69, 9.17) is 30.9 Å². The number of ether oxygens (including phenoxy) is 3. The van der Waals surface area contributed by atoms with Crippen LogP contribution in [-0.2, 0) is 0 Å². The van der Waals surface area contributed by atoms with Gasteiger partial charge in [-0.15, -0.1) is 0 Å². The van der Waals surface area contributed by atoms with Crippen molar-refractivity contribution in [2.45, 2.75) is 18.7 Å². The molecule has 2 heterocycles. The monoisotopic (exact) mass is 465 g/mol. The van der Waals surface area contributed by atoms with Crippen LogP contribution in [0.15, 0.2) is 65.8 Å². The summed E-state index contributed by atoms with van der Waals surface area (Å²) in [5.74, 6) is 1.92. The van der Waals surface area contributed by atoms with Crippen molar-refractivity contribution in [3.05, 3.63) is 92.5 Å². The van der Waals surface area contributed by atoms with Crippen LogP contribution >= 0.6 is 11.6 Å². The number of nitrogens with zero attached hydrogens (tertiary/aromatic N) is 3. The van der Waals surface area contributed by atoms with Crippen molar-refractivity contribution in [3.8, 4) is 17.2 Å². The fraction of sp³-hybridized carbons (Fsp3) is 0.208. The van der Waals surface area contributed by atoms with Crippen LogP contribution in [0.25, 0.3) is 0 Å². The van der Waals surface area contributed by atoms with Gasteiger partial charge in [0.25, 0.3) is 5.69 Å². The summed E-state index contributed by atoms with van der Waals surface area (Å²) >= 11 is 6.29. The second-order valence-electron chi connectivity index (χ2n) is 7.72. The molecule has 5 rings (SSSR count). The summed E-state index contributed by atoms with van der Waals surface area (Å²) in [6.07, 6.45) is -0.0151. The Balaban J connectivity index is 1.59. The summed E-state index contributed by atoms with van der Waals surface area (Å²) in [5.41, 5.74) is 3.30. The smallest absolute Gasteiger partial charge is 0.269 e. The second-order valence-corrected chi connectivity index (χ2v) is 8.16. The Kier molecular flexibility index (Phi) is 5.30. The number of hydrogen-bond acceptors (Lipinski definition) is 7. The van der Waals surface area contributed by atoms with Crippen LogP contribution in [0.2, 0.25) is 5.02 Å². The van der Waals surface area contributed by atoms with Gasteiger partial charge in [0.2, 0.25) is 6.23 Å². The molecule has 168 valence electrons. The van der Waals surface area contributed by atoms with Crippen LogP contribution in [0.3, 0.4) is 0 Å². The molecule has 2 aliphatic rings. The van der Waals surface area contributed by atoms with Crippen molar-refractivity contribution in [2.75, 3.05) is 14.2 Å². The lowest BCUT2D eigenvalue weighted by Gasteiger charge is -2.38. The molecular formula is C24H20ClN3O5. The highest BCUT2D eigenvalue weighted by atomic mass is 35.5. The van der Waals surface area contributed by atoms with Gasteiger partial charge >= 0.3 is 0 Å². The molecule has 0 aromatic heterocycles. The molecule has 0 saturated heterocycles. The van der Waals surface area contributed by atoms with E-state index in [0.29, 0.717) is 34.3 Å². The zero-order chi connectivity index (χ0) is 23.1. The fourth-order valence-electron chi connectivity index (χ4n) is 4.26. The predicted molar refractivity (Wildman–Crippen MR) is 123 cm³/mol. The molecule has 3 aromatic carbocycles. The third kappa shape index (κ3) is 3.72. The Bertz CT molecular complexity index is 1280. The number of nitro groups is 1. The van der Waals surface area contributed by atoms with Crippen molar-refractivity contribution in [1.82, 2.24) is 5.01 Å². The van der Waals surface area contributed by atoms with Crippen LogP contribution in [0, 0.1) is 10.1 Å². The molecule has 0 saturated carbocycles. The van der Waals surface area contributed by atoms with Gasteiger partial charge in [-0.25, -0.2) is 5.01 Å². The van der Waals surface area contributed by atoms with Crippen LogP contribution in [0.1, 0.15) is 35.4 Å². The normalized spacial score (nSPS) is 18.6. The van der Waals surface area contributed by atoms with E-state index in [9.17, 15) is 10.1 Å². The summed E-state index contributed by atoms with van der Waals surface area (Å²) < 4.78 is 17.1. The molecule has 8 nitrogen and oxygen atoms in total. The highest BCUT2D eigenvalue weighted by molar-refractivity contribution is 6.30. The number of non-ortho nitro benzene ring substituents is 1. The van der Waals surface area contributed by atoms with Crippen molar-refractivity contribution >= 4 is 23.0 Å². The maximum absolute atomic E-state index is 11.3. The minimum atomic E-state index is -0.624. The molecule has 0 amide bonds. The first-order valence-electron chi connectivity index (χ1n) is 10.3. The van der Waals surface area contributed by atoms with Gasteiger partial charge in [0.15, 0.2) is 11.5 Å². The van der Waals surface area contributed by atoms with Crippen LogP contribution in [0.4, 0.5) is 5.69 Å². The summed E-state index contributed by atoms with van der Waals surface area (Å²) in [5, 5.41) is 18.7. The lowest BCUT2D eigenvalue weighted by molar-refractivity contribution is -0.385. The SMILES string of the molecule is COc1ccc(C2=NN3C(C2)c2cc(Cl)ccc2OC3c2cccc([N+](=O)[O-])c2)cc1OC. The fourth-order valence-corrected chi connectivity index (χ4v) is 4.44. The van der Waals surface area contributed by atoms with Gasteiger partial charge in [0.05, 0.1) is 30.9 Å². The van der Waals surface area contributed by atoms with E-state index in [0.717, 1.165) is 16.8 Å². The predicted octanol–water partition coefficient (Wildman–Crippen LogP) is 5.51. The summed E-state index contributed by atoms with van der Waals surface area (Å²) in [6.45, 7) is 0. The molecule has 2 atom stereocenters. The largest absolute Gasteiger partial charge is 0.493 e. The molecule has 3 aromatic rings. The number of rotatable bonds is 5. The van der Waals surface area contributed by atoms with Gasteiger partial charge in [0.1, 0.15) is 5.75 Å². The Morgan fingerprint density at radius 1 is 1.09 bits per heavy atom. The third-order valence-electron chi connectivity index (χ3n) is 5.83. The summed E-state index contributed by atoms with van der Waals surface area (Å²) in [6, 6.07) is 17.4. The average molecular weight is 466 g/mol. The molecule has 0 bridgehead atoms.